The lowest BCUT2D eigenvalue weighted by Crippen LogP contribution is -2.29. The van der Waals surface area contributed by atoms with Crippen molar-refractivity contribution in [1.82, 2.24) is 14.9 Å². The largest absolute Gasteiger partial charge is 0.495 e. The number of anilines is 1. The lowest BCUT2D eigenvalue weighted by atomic mass is 9.96. The Hall–Kier alpha value is -2.87. The zero-order chi connectivity index (χ0) is 25.6. The Morgan fingerprint density at radius 3 is 2.56 bits per heavy atom. The SMILES string of the molecule is COc1ccc(Cl)cc1-n1c(C)cc(C2C(c3ccccn3)NC(=S)N2c2ccc(Br)c(C)c2)c1C. The van der Waals surface area contributed by atoms with E-state index in [1.165, 1.54) is 0 Å². The van der Waals surface area contributed by atoms with Crippen molar-refractivity contribution in [2.75, 3.05) is 12.0 Å². The van der Waals surface area contributed by atoms with Crippen molar-refractivity contribution >= 4 is 50.5 Å². The Bertz CT molecular complexity index is 1460. The third-order valence-corrected chi connectivity index (χ3v) is 8.13. The van der Waals surface area contributed by atoms with Gasteiger partial charge in [-0.3, -0.25) is 4.98 Å². The third-order valence-electron chi connectivity index (χ3n) is 6.69. The van der Waals surface area contributed by atoms with Crippen molar-refractivity contribution in [1.29, 1.82) is 0 Å². The number of aryl methyl sites for hydroxylation is 2. The minimum absolute atomic E-state index is 0.113. The fourth-order valence-corrected chi connectivity index (χ4v) is 5.78. The molecule has 1 aliphatic rings. The molecule has 0 saturated carbocycles. The fourth-order valence-electron chi connectivity index (χ4n) is 5.02. The summed E-state index contributed by atoms with van der Waals surface area (Å²) in [7, 11) is 1.68. The van der Waals surface area contributed by atoms with E-state index >= 15 is 0 Å². The number of ether oxygens (including phenoxy) is 1. The van der Waals surface area contributed by atoms with Crippen molar-refractivity contribution in [3.63, 3.8) is 0 Å². The van der Waals surface area contributed by atoms with E-state index in [1.807, 2.05) is 42.6 Å². The zero-order valence-electron chi connectivity index (χ0n) is 20.4. The Morgan fingerprint density at radius 2 is 1.86 bits per heavy atom. The third kappa shape index (κ3) is 4.29. The molecule has 1 aliphatic heterocycles. The van der Waals surface area contributed by atoms with Crippen LogP contribution >= 0.6 is 39.7 Å². The average Bonchev–Trinajstić information content (AvgIpc) is 3.36. The summed E-state index contributed by atoms with van der Waals surface area (Å²) in [5, 5.41) is 4.88. The van der Waals surface area contributed by atoms with E-state index in [-0.39, 0.29) is 12.1 Å². The molecule has 0 radical (unpaired) electrons. The second-order valence-electron chi connectivity index (χ2n) is 8.91. The smallest absolute Gasteiger partial charge is 0.174 e. The number of hydrogen-bond acceptors (Lipinski definition) is 3. The zero-order valence-corrected chi connectivity index (χ0v) is 23.6. The first-order chi connectivity index (χ1) is 17.3. The summed E-state index contributed by atoms with van der Waals surface area (Å²) in [5.41, 5.74) is 7.33. The molecule has 4 aromatic rings. The van der Waals surface area contributed by atoms with Gasteiger partial charge in [0.25, 0.3) is 0 Å². The maximum Gasteiger partial charge on any atom is 0.174 e. The van der Waals surface area contributed by atoms with Gasteiger partial charge in [-0.15, -0.1) is 0 Å². The molecule has 8 heteroatoms. The summed E-state index contributed by atoms with van der Waals surface area (Å²) in [6.07, 6.45) is 1.82. The predicted molar refractivity (Wildman–Crippen MR) is 154 cm³/mol. The number of nitrogens with one attached hydrogen (secondary N) is 1. The van der Waals surface area contributed by atoms with Gasteiger partial charge < -0.3 is 19.5 Å². The van der Waals surface area contributed by atoms with Crippen LogP contribution in [0.15, 0.2) is 71.3 Å². The molecule has 0 amide bonds. The number of hydrogen-bond donors (Lipinski definition) is 1. The molecular weight excluding hydrogens is 556 g/mol. The van der Waals surface area contributed by atoms with Gasteiger partial charge in [0.1, 0.15) is 5.75 Å². The van der Waals surface area contributed by atoms with Crippen molar-refractivity contribution < 1.29 is 4.74 Å². The maximum absolute atomic E-state index is 6.40. The number of halogens is 2. The highest BCUT2D eigenvalue weighted by molar-refractivity contribution is 9.10. The molecule has 184 valence electrons. The Balaban J connectivity index is 1.71. The maximum atomic E-state index is 6.40. The van der Waals surface area contributed by atoms with E-state index < -0.39 is 0 Å². The van der Waals surface area contributed by atoms with Gasteiger partial charge in [0, 0.05) is 32.8 Å². The number of rotatable bonds is 5. The molecule has 2 aromatic carbocycles. The number of aromatic nitrogens is 2. The van der Waals surface area contributed by atoms with E-state index in [4.69, 9.17) is 28.6 Å². The van der Waals surface area contributed by atoms with Gasteiger partial charge in [-0.05, 0) is 98.7 Å². The van der Waals surface area contributed by atoms with Crippen LogP contribution in [0.2, 0.25) is 5.02 Å². The molecule has 3 heterocycles. The van der Waals surface area contributed by atoms with Crippen LogP contribution in [0.4, 0.5) is 5.69 Å². The summed E-state index contributed by atoms with van der Waals surface area (Å²) in [6, 6.07) is 20.0. The monoisotopic (exact) mass is 580 g/mol. The molecular formula is C28H26BrClN4OS. The van der Waals surface area contributed by atoms with E-state index in [0.717, 1.165) is 49.8 Å². The van der Waals surface area contributed by atoms with Gasteiger partial charge in [-0.1, -0.05) is 33.6 Å². The molecule has 36 heavy (non-hydrogen) atoms. The van der Waals surface area contributed by atoms with Crippen molar-refractivity contribution in [3.8, 4) is 11.4 Å². The first kappa shape index (κ1) is 24.8. The molecule has 0 spiro atoms. The van der Waals surface area contributed by atoms with E-state index in [1.54, 1.807) is 7.11 Å². The highest BCUT2D eigenvalue weighted by Gasteiger charge is 2.42. The molecule has 1 saturated heterocycles. The molecule has 5 nitrogen and oxygen atoms in total. The highest BCUT2D eigenvalue weighted by atomic mass is 79.9. The van der Waals surface area contributed by atoms with Crippen molar-refractivity contribution in [3.05, 3.63) is 105 Å². The van der Waals surface area contributed by atoms with Crippen molar-refractivity contribution in [2.45, 2.75) is 32.9 Å². The molecule has 2 atom stereocenters. The Morgan fingerprint density at radius 1 is 1.06 bits per heavy atom. The summed E-state index contributed by atoms with van der Waals surface area (Å²) in [6.45, 7) is 6.31. The first-order valence-corrected chi connectivity index (χ1v) is 13.2. The molecule has 1 fully saturated rings. The van der Waals surface area contributed by atoms with Crippen LogP contribution < -0.4 is 15.0 Å². The predicted octanol–water partition coefficient (Wildman–Crippen LogP) is 7.40. The summed E-state index contributed by atoms with van der Waals surface area (Å²) < 4.78 is 8.94. The van der Waals surface area contributed by atoms with Crippen LogP contribution in [0.1, 0.15) is 40.3 Å². The topological polar surface area (TPSA) is 42.3 Å². The molecule has 0 bridgehead atoms. The normalized spacial score (nSPS) is 17.4. The van der Waals surface area contributed by atoms with Gasteiger partial charge in [-0.25, -0.2) is 0 Å². The van der Waals surface area contributed by atoms with E-state index in [9.17, 15) is 0 Å². The number of thiocarbonyl (C=S) groups is 1. The van der Waals surface area contributed by atoms with Gasteiger partial charge in [0.2, 0.25) is 0 Å². The van der Waals surface area contributed by atoms with E-state index in [2.05, 4.69) is 80.7 Å². The molecule has 0 aliphatic carbocycles. The lowest BCUT2D eigenvalue weighted by Gasteiger charge is -2.28. The molecule has 1 N–H and O–H groups in total. The highest BCUT2D eigenvalue weighted by Crippen LogP contribution is 2.44. The lowest BCUT2D eigenvalue weighted by molar-refractivity contribution is 0.412. The van der Waals surface area contributed by atoms with Crippen molar-refractivity contribution in [2.24, 2.45) is 0 Å². The Labute approximate surface area is 230 Å². The average molecular weight is 582 g/mol. The quantitative estimate of drug-likeness (QED) is 0.249. The number of benzene rings is 2. The molecule has 5 rings (SSSR count). The van der Waals surface area contributed by atoms with Crippen LogP contribution in [-0.2, 0) is 0 Å². The minimum atomic E-state index is -0.127. The van der Waals surface area contributed by atoms with Gasteiger partial charge >= 0.3 is 0 Å². The summed E-state index contributed by atoms with van der Waals surface area (Å²) >= 11 is 15.9. The van der Waals surface area contributed by atoms with Crippen LogP contribution in [0.5, 0.6) is 5.75 Å². The number of pyridine rings is 1. The standard InChI is InChI=1S/C28H26BrClN4OS/c1-16-13-20(9-10-22(16)29)34-27(26(32-28(34)36)23-7-5-6-12-31-23)21-14-17(2)33(18(21)3)24-15-19(30)8-11-25(24)35-4/h5-15,26-27H,1-4H3,(H,32,36). The second kappa shape index (κ2) is 9.88. The molecule has 2 aromatic heterocycles. The second-order valence-corrected chi connectivity index (χ2v) is 10.6. The number of methoxy groups -OCH3 is 1. The summed E-state index contributed by atoms with van der Waals surface area (Å²) in [5.74, 6) is 0.759. The van der Waals surface area contributed by atoms with Crippen LogP contribution in [0.3, 0.4) is 0 Å². The molecule has 2 unspecified atom stereocenters. The van der Waals surface area contributed by atoms with E-state index in [0.29, 0.717) is 10.1 Å². The van der Waals surface area contributed by atoms with Crippen LogP contribution in [0.25, 0.3) is 5.69 Å². The fraction of sp³-hybridized carbons (Fsp3) is 0.214. The Kier molecular flexibility index (Phi) is 6.81. The number of nitrogens with zero attached hydrogens (tertiary/aromatic N) is 3. The first-order valence-electron chi connectivity index (χ1n) is 11.6. The minimum Gasteiger partial charge on any atom is -0.495 e. The summed E-state index contributed by atoms with van der Waals surface area (Å²) in [4.78, 5) is 6.89. The van der Waals surface area contributed by atoms with Crippen LogP contribution in [-0.4, -0.2) is 21.8 Å². The van der Waals surface area contributed by atoms with Gasteiger partial charge in [0.05, 0.1) is 30.6 Å². The van der Waals surface area contributed by atoms with Gasteiger partial charge in [0.15, 0.2) is 5.11 Å². The van der Waals surface area contributed by atoms with Gasteiger partial charge in [-0.2, -0.15) is 0 Å². The van der Waals surface area contributed by atoms with Crippen LogP contribution in [0, 0.1) is 20.8 Å².